The molecule has 1 aromatic carbocycles. The highest BCUT2D eigenvalue weighted by atomic mass is 16.5. The molecule has 0 fully saturated rings. The number of benzene rings is 1. The van der Waals surface area contributed by atoms with Crippen LogP contribution in [0.5, 0.6) is 5.88 Å². The smallest absolute Gasteiger partial charge is 0.239 e. The number of aryl methyl sites for hydroxylation is 2. The van der Waals surface area contributed by atoms with Crippen molar-refractivity contribution in [3.05, 3.63) is 65.0 Å². The van der Waals surface area contributed by atoms with E-state index in [0.29, 0.717) is 23.9 Å². The Bertz CT molecular complexity index is 900. The molecule has 0 saturated carbocycles. The maximum Gasteiger partial charge on any atom is 0.239 e. The summed E-state index contributed by atoms with van der Waals surface area (Å²) in [5.74, 6) is 1.30. The maximum absolute atomic E-state index is 11.7. The topological polar surface area (TPSA) is 60.2 Å². The first-order chi connectivity index (χ1) is 12.5. The Labute approximate surface area is 153 Å². The summed E-state index contributed by atoms with van der Waals surface area (Å²) in [4.78, 5) is 22.8. The van der Waals surface area contributed by atoms with Gasteiger partial charge in [-0.15, -0.1) is 0 Å². The number of anilines is 1. The molecule has 3 aromatic rings. The number of carbonyl (C=O) groups excluding carboxylic acids is 1. The monoisotopic (exact) mass is 350 g/mol. The average Bonchev–Trinajstić information content (AvgIpc) is 2.99. The maximum atomic E-state index is 11.7. The molecule has 0 N–H and O–H groups in total. The van der Waals surface area contributed by atoms with Crippen molar-refractivity contribution in [3.8, 4) is 11.8 Å². The Hall–Kier alpha value is -3.15. The minimum atomic E-state index is 0.271. The van der Waals surface area contributed by atoms with Gasteiger partial charge >= 0.3 is 0 Å². The molecular weight excluding hydrogens is 328 g/mol. The van der Waals surface area contributed by atoms with Crippen LogP contribution in [0.25, 0.3) is 5.95 Å². The first-order valence-corrected chi connectivity index (χ1v) is 8.36. The fourth-order valence-corrected chi connectivity index (χ4v) is 2.99. The van der Waals surface area contributed by atoms with Crippen LogP contribution in [0.2, 0.25) is 0 Å². The summed E-state index contributed by atoms with van der Waals surface area (Å²) in [6, 6.07) is 14.0. The van der Waals surface area contributed by atoms with Crippen molar-refractivity contribution in [1.29, 1.82) is 0 Å². The van der Waals surface area contributed by atoms with Crippen LogP contribution in [-0.4, -0.2) is 35.0 Å². The first kappa shape index (κ1) is 17.7. The number of aldehydes is 1. The van der Waals surface area contributed by atoms with Crippen molar-refractivity contribution >= 4 is 12.1 Å². The molecule has 0 radical (unpaired) electrons. The molecule has 6 nitrogen and oxygen atoms in total. The van der Waals surface area contributed by atoms with Gasteiger partial charge < -0.3 is 9.64 Å². The van der Waals surface area contributed by atoms with Crippen LogP contribution in [0.1, 0.15) is 27.3 Å². The van der Waals surface area contributed by atoms with Gasteiger partial charge in [0, 0.05) is 25.0 Å². The molecule has 0 amide bonds. The third-order valence-corrected chi connectivity index (χ3v) is 4.29. The lowest BCUT2D eigenvalue weighted by atomic mass is 10.2. The van der Waals surface area contributed by atoms with Gasteiger partial charge in [0.2, 0.25) is 11.8 Å². The third-order valence-electron chi connectivity index (χ3n) is 4.29. The molecule has 0 unspecified atom stereocenters. The predicted molar refractivity (Wildman–Crippen MR) is 101 cm³/mol. The van der Waals surface area contributed by atoms with Gasteiger partial charge in [0.15, 0.2) is 6.29 Å². The molecule has 0 aliphatic carbocycles. The van der Waals surface area contributed by atoms with Crippen molar-refractivity contribution in [2.45, 2.75) is 20.4 Å². The van der Waals surface area contributed by atoms with Gasteiger partial charge in [0.1, 0.15) is 11.4 Å². The van der Waals surface area contributed by atoms with Crippen LogP contribution in [0.15, 0.2) is 42.5 Å². The number of hydrogen-bond donors (Lipinski definition) is 0. The molecule has 2 heterocycles. The van der Waals surface area contributed by atoms with E-state index >= 15 is 0 Å². The second-order valence-corrected chi connectivity index (χ2v) is 6.18. The zero-order chi connectivity index (χ0) is 18.7. The van der Waals surface area contributed by atoms with Crippen molar-refractivity contribution in [2.24, 2.45) is 0 Å². The molecule has 134 valence electrons. The Morgan fingerprint density at radius 3 is 2.31 bits per heavy atom. The number of hydrogen-bond acceptors (Lipinski definition) is 5. The van der Waals surface area contributed by atoms with E-state index in [2.05, 4.69) is 9.97 Å². The van der Waals surface area contributed by atoms with Crippen molar-refractivity contribution < 1.29 is 9.53 Å². The number of aromatic nitrogens is 3. The van der Waals surface area contributed by atoms with Gasteiger partial charge in [-0.3, -0.25) is 9.36 Å². The Morgan fingerprint density at radius 1 is 1.08 bits per heavy atom. The fourth-order valence-electron chi connectivity index (χ4n) is 2.99. The van der Waals surface area contributed by atoms with E-state index in [4.69, 9.17) is 4.74 Å². The highest BCUT2D eigenvalue weighted by Gasteiger charge is 2.20. The molecule has 0 aliphatic rings. The largest absolute Gasteiger partial charge is 0.480 e. The normalized spacial score (nSPS) is 10.6. The quantitative estimate of drug-likeness (QED) is 0.638. The van der Waals surface area contributed by atoms with E-state index in [1.807, 2.05) is 72.8 Å². The van der Waals surface area contributed by atoms with Gasteiger partial charge in [-0.25, -0.2) is 0 Å². The lowest BCUT2D eigenvalue weighted by Crippen LogP contribution is -2.21. The summed E-state index contributed by atoms with van der Waals surface area (Å²) in [7, 11) is 3.41. The van der Waals surface area contributed by atoms with Gasteiger partial charge in [0.05, 0.1) is 7.11 Å². The molecular formula is C20H22N4O2. The summed E-state index contributed by atoms with van der Waals surface area (Å²) in [6.07, 6.45) is 0.745. The molecule has 0 aliphatic heterocycles. The lowest BCUT2D eigenvalue weighted by molar-refractivity contribution is 0.112. The predicted octanol–water partition coefficient (Wildman–Crippen LogP) is 3.34. The summed E-state index contributed by atoms with van der Waals surface area (Å²) < 4.78 is 7.31. The summed E-state index contributed by atoms with van der Waals surface area (Å²) >= 11 is 0. The van der Waals surface area contributed by atoms with Gasteiger partial charge in [0.25, 0.3) is 0 Å². The zero-order valence-electron chi connectivity index (χ0n) is 15.4. The highest BCUT2D eigenvalue weighted by molar-refractivity contribution is 5.86. The second kappa shape index (κ2) is 7.39. The fraction of sp³-hybridized carbons (Fsp3) is 0.250. The molecule has 0 bridgehead atoms. The van der Waals surface area contributed by atoms with E-state index in [9.17, 15) is 4.79 Å². The Balaban J connectivity index is 2.10. The van der Waals surface area contributed by atoms with E-state index in [1.165, 1.54) is 7.11 Å². The number of ether oxygens (including phenoxy) is 1. The van der Waals surface area contributed by atoms with E-state index in [0.717, 1.165) is 23.2 Å². The standard InChI is InChI=1S/C20H22N4O2/c1-14-10-11-15(2)24(14)20-21-18(17(13-25)19(22-20)26-4)23(3)12-16-8-6-5-7-9-16/h5-11,13H,12H2,1-4H3. The van der Waals surface area contributed by atoms with Crippen molar-refractivity contribution in [1.82, 2.24) is 14.5 Å². The second-order valence-electron chi connectivity index (χ2n) is 6.18. The number of methoxy groups -OCH3 is 1. The summed E-state index contributed by atoms with van der Waals surface area (Å²) in [5, 5.41) is 0. The summed E-state index contributed by atoms with van der Waals surface area (Å²) in [6.45, 7) is 4.60. The van der Waals surface area contributed by atoms with E-state index < -0.39 is 0 Å². The molecule has 0 atom stereocenters. The number of carbonyl (C=O) groups is 1. The van der Waals surface area contributed by atoms with Crippen molar-refractivity contribution in [2.75, 3.05) is 19.1 Å². The van der Waals surface area contributed by atoms with Crippen LogP contribution in [0.3, 0.4) is 0 Å². The highest BCUT2D eigenvalue weighted by Crippen LogP contribution is 2.27. The Kier molecular flexibility index (Phi) is 5.02. The van der Waals surface area contributed by atoms with E-state index in [1.54, 1.807) is 0 Å². The summed E-state index contributed by atoms with van der Waals surface area (Å²) in [5.41, 5.74) is 3.50. The van der Waals surface area contributed by atoms with Crippen LogP contribution in [0.4, 0.5) is 5.82 Å². The van der Waals surface area contributed by atoms with Crippen LogP contribution in [0, 0.1) is 13.8 Å². The van der Waals surface area contributed by atoms with Crippen LogP contribution >= 0.6 is 0 Å². The van der Waals surface area contributed by atoms with Crippen LogP contribution < -0.4 is 9.64 Å². The molecule has 0 saturated heterocycles. The molecule has 2 aromatic heterocycles. The third kappa shape index (κ3) is 3.31. The molecule has 6 heteroatoms. The molecule has 26 heavy (non-hydrogen) atoms. The average molecular weight is 350 g/mol. The first-order valence-electron chi connectivity index (χ1n) is 8.36. The van der Waals surface area contributed by atoms with E-state index in [-0.39, 0.29) is 5.88 Å². The van der Waals surface area contributed by atoms with Gasteiger partial charge in [-0.2, -0.15) is 9.97 Å². The van der Waals surface area contributed by atoms with Crippen LogP contribution in [-0.2, 0) is 6.54 Å². The SMILES string of the molecule is COc1nc(-n2c(C)ccc2C)nc(N(C)Cc2ccccc2)c1C=O. The Morgan fingerprint density at radius 2 is 1.73 bits per heavy atom. The molecule has 3 rings (SSSR count). The van der Waals surface area contributed by atoms with Gasteiger partial charge in [-0.1, -0.05) is 30.3 Å². The minimum absolute atomic E-state index is 0.271. The molecule has 0 spiro atoms. The number of rotatable bonds is 6. The zero-order valence-corrected chi connectivity index (χ0v) is 15.4. The minimum Gasteiger partial charge on any atom is -0.480 e. The van der Waals surface area contributed by atoms with Gasteiger partial charge in [-0.05, 0) is 31.5 Å². The van der Waals surface area contributed by atoms with Crippen molar-refractivity contribution in [3.63, 3.8) is 0 Å². The number of nitrogens with zero attached hydrogens (tertiary/aromatic N) is 4. The lowest BCUT2D eigenvalue weighted by Gasteiger charge is -2.22.